The molecule has 2 aromatic heterocycles. The summed E-state index contributed by atoms with van der Waals surface area (Å²) in [6.45, 7) is 0. The van der Waals surface area contributed by atoms with Crippen LogP contribution in [0.5, 0.6) is 0 Å². The zero-order chi connectivity index (χ0) is 14.2. The van der Waals surface area contributed by atoms with Crippen LogP contribution in [0.25, 0.3) is 5.82 Å². The van der Waals surface area contributed by atoms with Crippen LogP contribution in [0.15, 0.2) is 31.0 Å². The molecule has 4 rings (SSSR count). The van der Waals surface area contributed by atoms with Crippen LogP contribution in [0.3, 0.4) is 0 Å². The van der Waals surface area contributed by atoms with Crippen LogP contribution < -0.4 is 5.32 Å². The van der Waals surface area contributed by atoms with Crippen molar-refractivity contribution in [3.8, 4) is 5.82 Å². The summed E-state index contributed by atoms with van der Waals surface area (Å²) in [6, 6.07) is 6.02. The molecular weight excluding hydrogens is 264 g/mol. The molecule has 0 saturated carbocycles. The van der Waals surface area contributed by atoms with Crippen LogP contribution in [-0.2, 0) is 0 Å². The van der Waals surface area contributed by atoms with Crippen molar-refractivity contribution >= 4 is 5.69 Å². The predicted molar refractivity (Wildman–Crippen MR) is 80.4 cm³/mol. The lowest BCUT2D eigenvalue weighted by molar-refractivity contribution is 0.169. The molecule has 2 aliphatic rings. The van der Waals surface area contributed by atoms with Crippen LogP contribution in [0.4, 0.5) is 5.69 Å². The lowest BCUT2D eigenvalue weighted by Gasteiger charge is -2.37. The van der Waals surface area contributed by atoms with Crippen molar-refractivity contribution < 1.29 is 0 Å². The average Bonchev–Trinajstić information content (AvgIpc) is 3.08. The summed E-state index contributed by atoms with van der Waals surface area (Å²) in [6.07, 6.45) is 10.1. The average molecular weight is 284 g/mol. The summed E-state index contributed by atoms with van der Waals surface area (Å²) >= 11 is 0. The second-order valence-electron chi connectivity index (χ2n) is 6.08. The Balaban J connectivity index is 1.56. The highest BCUT2D eigenvalue weighted by molar-refractivity contribution is 5.56. The van der Waals surface area contributed by atoms with Crippen molar-refractivity contribution in [2.45, 2.75) is 43.8 Å². The fourth-order valence-electron chi connectivity index (χ4n) is 3.76. The summed E-state index contributed by atoms with van der Waals surface area (Å²) in [5.74, 6) is 0.821. The number of pyridine rings is 1. The van der Waals surface area contributed by atoms with Gasteiger partial charge < -0.3 is 10.2 Å². The van der Waals surface area contributed by atoms with Gasteiger partial charge in [-0.3, -0.25) is 0 Å². The largest absolute Gasteiger partial charge is 0.379 e. The molecule has 2 bridgehead atoms. The quantitative estimate of drug-likeness (QED) is 0.929. The first kappa shape index (κ1) is 12.8. The summed E-state index contributed by atoms with van der Waals surface area (Å²) < 4.78 is 1.71. The first-order valence-electron chi connectivity index (χ1n) is 7.60. The van der Waals surface area contributed by atoms with Crippen molar-refractivity contribution in [2.75, 3.05) is 12.4 Å². The molecule has 2 atom stereocenters. The van der Waals surface area contributed by atoms with E-state index in [0.717, 1.165) is 23.6 Å². The van der Waals surface area contributed by atoms with Crippen LogP contribution in [0.2, 0.25) is 0 Å². The molecule has 2 aromatic rings. The first-order chi connectivity index (χ1) is 10.3. The molecule has 2 fully saturated rings. The SMILES string of the molecule is CN1C2CCC1CC(Nc1cccnc1-n1cncn1)C2. The minimum absolute atomic E-state index is 0.519. The number of piperidine rings is 1. The molecule has 2 unspecified atom stereocenters. The molecule has 2 aliphatic heterocycles. The zero-order valence-corrected chi connectivity index (χ0v) is 12.2. The molecule has 0 spiro atoms. The van der Waals surface area contributed by atoms with Gasteiger partial charge in [0, 0.05) is 24.3 Å². The Morgan fingerprint density at radius 1 is 1.24 bits per heavy atom. The maximum Gasteiger partial charge on any atom is 0.178 e. The summed E-state index contributed by atoms with van der Waals surface area (Å²) in [5.41, 5.74) is 1.04. The Hall–Kier alpha value is -1.95. The number of anilines is 1. The van der Waals surface area contributed by atoms with Crippen molar-refractivity contribution in [3.63, 3.8) is 0 Å². The Labute approximate surface area is 124 Å². The van der Waals surface area contributed by atoms with E-state index in [1.54, 1.807) is 17.2 Å². The fourth-order valence-corrected chi connectivity index (χ4v) is 3.76. The van der Waals surface area contributed by atoms with Crippen molar-refractivity contribution in [1.29, 1.82) is 0 Å². The van der Waals surface area contributed by atoms with Gasteiger partial charge in [-0.2, -0.15) is 5.10 Å². The highest BCUT2D eigenvalue weighted by Crippen LogP contribution is 2.35. The first-order valence-corrected chi connectivity index (χ1v) is 7.60. The van der Waals surface area contributed by atoms with Gasteiger partial charge in [-0.1, -0.05) is 0 Å². The third kappa shape index (κ3) is 2.29. The molecule has 110 valence electrons. The number of fused-ring (bicyclic) bond motifs is 2. The molecule has 4 heterocycles. The molecule has 6 heteroatoms. The van der Waals surface area contributed by atoms with E-state index in [1.165, 1.54) is 32.0 Å². The lowest BCUT2D eigenvalue weighted by Crippen LogP contribution is -2.44. The van der Waals surface area contributed by atoms with E-state index in [9.17, 15) is 0 Å². The highest BCUT2D eigenvalue weighted by atomic mass is 15.3. The van der Waals surface area contributed by atoms with Crippen LogP contribution in [0.1, 0.15) is 25.7 Å². The van der Waals surface area contributed by atoms with Gasteiger partial charge in [-0.25, -0.2) is 14.6 Å². The van der Waals surface area contributed by atoms with E-state index >= 15 is 0 Å². The number of nitrogens with one attached hydrogen (secondary N) is 1. The van der Waals surface area contributed by atoms with E-state index in [-0.39, 0.29) is 0 Å². The number of nitrogens with zero attached hydrogens (tertiary/aromatic N) is 5. The summed E-state index contributed by atoms with van der Waals surface area (Å²) in [4.78, 5) is 11.0. The van der Waals surface area contributed by atoms with Crippen molar-refractivity contribution in [3.05, 3.63) is 31.0 Å². The minimum Gasteiger partial charge on any atom is -0.379 e. The molecule has 0 aromatic carbocycles. The normalized spacial score (nSPS) is 28.7. The van der Waals surface area contributed by atoms with E-state index in [2.05, 4.69) is 38.4 Å². The fraction of sp³-hybridized carbons (Fsp3) is 0.533. The lowest BCUT2D eigenvalue weighted by atomic mass is 9.98. The second-order valence-corrected chi connectivity index (χ2v) is 6.08. The molecule has 0 aliphatic carbocycles. The van der Waals surface area contributed by atoms with E-state index in [1.807, 2.05) is 6.07 Å². The predicted octanol–water partition coefficient (Wildman–Crippen LogP) is 1.70. The summed E-state index contributed by atoms with van der Waals surface area (Å²) in [5, 5.41) is 7.87. The van der Waals surface area contributed by atoms with Crippen LogP contribution >= 0.6 is 0 Å². The second kappa shape index (κ2) is 5.11. The Kier molecular flexibility index (Phi) is 3.11. The molecular formula is C15H20N6. The van der Waals surface area contributed by atoms with Crippen LogP contribution in [0, 0.1) is 0 Å². The third-order valence-corrected chi connectivity index (χ3v) is 4.88. The van der Waals surface area contributed by atoms with Crippen molar-refractivity contribution in [2.24, 2.45) is 0 Å². The monoisotopic (exact) mass is 284 g/mol. The van der Waals surface area contributed by atoms with Gasteiger partial charge in [0.05, 0.1) is 5.69 Å². The van der Waals surface area contributed by atoms with Gasteiger partial charge in [0.15, 0.2) is 5.82 Å². The number of hydrogen-bond acceptors (Lipinski definition) is 5. The van der Waals surface area contributed by atoms with Gasteiger partial charge >= 0.3 is 0 Å². The van der Waals surface area contributed by atoms with Gasteiger partial charge in [-0.05, 0) is 44.9 Å². The number of rotatable bonds is 3. The molecule has 0 radical (unpaired) electrons. The number of hydrogen-bond donors (Lipinski definition) is 1. The van der Waals surface area contributed by atoms with E-state index < -0.39 is 0 Å². The molecule has 6 nitrogen and oxygen atoms in total. The summed E-state index contributed by atoms with van der Waals surface area (Å²) in [7, 11) is 2.27. The standard InChI is InChI=1S/C15H20N6/c1-20-12-4-5-13(20)8-11(7-12)19-14-3-2-6-17-15(14)21-10-16-9-18-21/h2-3,6,9-13,19H,4-5,7-8H2,1H3. The Bertz CT molecular complexity index is 596. The smallest absolute Gasteiger partial charge is 0.178 e. The van der Waals surface area contributed by atoms with Gasteiger partial charge in [0.25, 0.3) is 0 Å². The Morgan fingerprint density at radius 2 is 2.05 bits per heavy atom. The van der Waals surface area contributed by atoms with Gasteiger partial charge in [0.1, 0.15) is 12.7 Å². The van der Waals surface area contributed by atoms with Gasteiger partial charge in [-0.15, -0.1) is 0 Å². The maximum atomic E-state index is 4.44. The molecule has 21 heavy (non-hydrogen) atoms. The van der Waals surface area contributed by atoms with Gasteiger partial charge in [0.2, 0.25) is 0 Å². The molecule has 0 amide bonds. The highest BCUT2D eigenvalue weighted by Gasteiger charge is 2.38. The number of aromatic nitrogens is 4. The third-order valence-electron chi connectivity index (χ3n) is 4.88. The topological polar surface area (TPSA) is 58.9 Å². The molecule has 1 N–H and O–H groups in total. The minimum atomic E-state index is 0.519. The Morgan fingerprint density at radius 3 is 2.76 bits per heavy atom. The zero-order valence-electron chi connectivity index (χ0n) is 12.2. The molecule has 2 saturated heterocycles. The van der Waals surface area contributed by atoms with E-state index in [4.69, 9.17) is 0 Å². The van der Waals surface area contributed by atoms with E-state index in [0.29, 0.717) is 6.04 Å². The van der Waals surface area contributed by atoms with Crippen LogP contribution in [-0.4, -0.2) is 49.8 Å². The maximum absolute atomic E-state index is 4.44. The van der Waals surface area contributed by atoms with Crippen molar-refractivity contribution in [1.82, 2.24) is 24.6 Å².